The van der Waals surface area contributed by atoms with Crippen molar-refractivity contribution in [1.29, 1.82) is 0 Å². The molecule has 3 aromatic carbocycles. The van der Waals surface area contributed by atoms with E-state index in [9.17, 15) is 4.79 Å². The van der Waals surface area contributed by atoms with Gasteiger partial charge >= 0.3 is 5.97 Å². The number of aryl methyl sites for hydroxylation is 2. The first-order chi connectivity index (χ1) is 15.5. The second-order valence-corrected chi connectivity index (χ2v) is 8.77. The van der Waals surface area contributed by atoms with E-state index >= 15 is 0 Å². The van der Waals surface area contributed by atoms with E-state index in [1.807, 2.05) is 18.2 Å². The molecule has 1 heterocycles. The Hall–Kier alpha value is -3.27. The Bertz CT molecular complexity index is 1160. The van der Waals surface area contributed by atoms with Gasteiger partial charge in [0.15, 0.2) is 0 Å². The zero-order valence-corrected chi connectivity index (χ0v) is 18.8. The number of carbonyl (C=O) groups excluding carboxylic acids is 1. The van der Waals surface area contributed by atoms with Crippen molar-refractivity contribution in [2.45, 2.75) is 45.1 Å². The van der Waals surface area contributed by atoms with Gasteiger partial charge in [-0.25, -0.2) is 0 Å². The summed E-state index contributed by atoms with van der Waals surface area (Å²) in [6, 6.07) is 19.0. The highest BCUT2D eigenvalue weighted by atomic mass is 16.5. The number of methoxy groups -OCH3 is 1. The van der Waals surface area contributed by atoms with Gasteiger partial charge in [-0.3, -0.25) is 4.79 Å². The molecule has 5 rings (SSSR count). The maximum Gasteiger partial charge on any atom is 0.306 e. The first kappa shape index (κ1) is 20.6. The highest BCUT2D eigenvalue weighted by Gasteiger charge is 2.30. The van der Waals surface area contributed by atoms with Crippen LogP contribution in [-0.2, 0) is 16.0 Å². The number of rotatable bonds is 5. The van der Waals surface area contributed by atoms with Crippen LogP contribution in [0.5, 0.6) is 11.5 Å². The smallest absolute Gasteiger partial charge is 0.306 e. The Labute approximate surface area is 189 Å². The minimum atomic E-state index is -0.214. The van der Waals surface area contributed by atoms with E-state index in [0.717, 1.165) is 29.9 Å². The summed E-state index contributed by atoms with van der Waals surface area (Å²) >= 11 is 0. The molecule has 0 spiro atoms. The quantitative estimate of drug-likeness (QED) is 0.462. The molecule has 0 saturated heterocycles. The molecule has 0 saturated carbocycles. The molecule has 4 heteroatoms. The predicted molar refractivity (Wildman–Crippen MR) is 124 cm³/mol. The number of fused-ring (bicyclic) bond motifs is 2. The highest BCUT2D eigenvalue weighted by Crippen LogP contribution is 2.43. The van der Waals surface area contributed by atoms with E-state index in [-0.39, 0.29) is 18.0 Å². The van der Waals surface area contributed by atoms with Crippen LogP contribution in [-0.4, -0.2) is 19.7 Å². The maximum atomic E-state index is 11.7. The fourth-order valence-electron chi connectivity index (χ4n) is 5.16. The highest BCUT2D eigenvalue weighted by molar-refractivity contribution is 5.75. The number of esters is 1. The first-order valence-corrected chi connectivity index (χ1v) is 11.2. The molecule has 0 unspecified atom stereocenters. The Morgan fingerprint density at radius 3 is 2.59 bits per heavy atom. The molecule has 0 bridgehead atoms. The normalized spacial score (nSPS) is 18.6. The summed E-state index contributed by atoms with van der Waals surface area (Å²) in [4.78, 5) is 11.7. The van der Waals surface area contributed by atoms with Crippen LogP contribution in [0.2, 0.25) is 0 Å². The molecule has 1 aliphatic carbocycles. The average molecular weight is 429 g/mol. The molecule has 3 aromatic rings. The van der Waals surface area contributed by atoms with Gasteiger partial charge in [0.25, 0.3) is 0 Å². The maximum absolute atomic E-state index is 11.7. The Kier molecular flexibility index (Phi) is 5.38. The second-order valence-electron chi connectivity index (χ2n) is 8.77. The molecule has 1 aliphatic heterocycles. The van der Waals surface area contributed by atoms with Crippen molar-refractivity contribution in [3.63, 3.8) is 0 Å². The summed E-state index contributed by atoms with van der Waals surface area (Å²) < 4.78 is 17.1. The molecule has 2 aliphatic rings. The van der Waals surface area contributed by atoms with Crippen LogP contribution in [0.1, 0.15) is 52.7 Å². The van der Waals surface area contributed by atoms with Crippen molar-refractivity contribution in [1.82, 2.24) is 0 Å². The van der Waals surface area contributed by atoms with E-state index in [1.54, 1.807) is 0 Å². The molecule has 164 valence electrons. The molecule has 32 heavy (non-hydrogen) atoms. The van der Waals surface area contributed by atoms with Gasteiger partial charge in [-0.2, -0.15) is 0 Å². The summed E-state index contributed by atoms with van der Waals surface area (Å²) in [6.07, 6.45) is 2.33. The lowest BCUT2D eigenvalue weighted by Gasteiger charge is -2.18. The molecule has 0 amide bonds. The van der Waals surface area contributed by atoms with Crippen LogP contribution in [0.15, 0.2) is 54.6 Å². The van der Waals surface area contributed by atoms with Gasteiger partial charge < -0.3 is 14.2 Å². The third kappa shape index (κ3) is 3.64. The second kappa shape index (κ2) is 8.34. The van der Waals surface area contributed by atoms with Gasteiger partial charge in [0.1, 0.15) is 17.6 Å². The van der Waals surface area contributed by atoms with Crippen LogP contribution in [0.3, 0.4) is 0 Å². The lowest BCUT2D eigenvalue weighted by atomic mass is 9.91. The van der Waals surface area contributed by atoms with Gasteiger partial charge in [0, 0.05) is 17.5 Å². The van der Waals surface area contributed by atoms with Crippen LogP contribution in [0.25, 0.3) is 11.1 Å². The van der Waals surface area contributed by atoms with Gasteiger partial charge in [0.2, 0.25) is 0 Å². The van der Waals surface area contributed by atoms with E-state index in [2.05, 4.69) is 50.2 Å². The summed E-state index contributed by atoms with van der Waals surface area (Å²) in [5, 5.41) is 0. The fourth-order valence-corrected chi connectivity index (χ4v) is 5.16. The summed E-state index contributed by atoms with van der Waals surface area (Å²) in [7, 11) is 1.42. The van der Waals surface area contributed by atoms with Crippen LogP contribution >= 0.6 is 0 Å². The fraction of sp³-hybridized carbons (Fsp3) is 0.321. The van der Waals surface area contributed by atoms with Crippen molar-refractivity contribution in [2.75, 3.05) is 13.7 Å². The standard InChI is InChI=1S/C28H28O4/c1-17-6-4-7-18(2)28(17)24-9-5-8-23-22(24)12-13-25(23)32-20-10-11-21-19(14-27(29)30-3)16-31-26(21)15-20/h4-11,15,19,25H,12-14,16H2,1-3H3/t19-,25-/m1/s1. The average Bonchev–Trinajstić information content (AvgIpc) is 3.38. The Morgan fingerprint density at radius 2 is 1.81 bits per heavy atom. The summed E-state index contributed by atoms with van der Waals surface area (Å²) in [5.74, 6) is 1.43. The van der Waals surface area contributed by atoms with Crippen LogP contribution in [0.4, 0.5) is 0 Å². The number of ether oxygens (including phenoxy) is 3. The molecular weight excluding hydrogens is 400 g/mol. The predicted octanol–water partition coefficient (Wildman–Crippen LogP) is 6.08. The van der Waals surface area contributed by atoms with E-state index in [4.69, 9.17) is 14.2 Å². The van der Waals surface area contributed by atoms with E-state index < -0.39 is 0 Å². The molecule has 0 N–H and O–H groups in total. The molecular formula is C28H28O4. The largest absolute Gasteiger partial charge is 0.492 e. The van der Waals surface area contributed by atoms with Gasteiger partial charge in [-0.1, -0.05) is 42.5 Å². The van der Waals surface area contributed by atoms with Gasteiger partial charge in [-0.15, -0.1) is 0 Å². The zero-order chi connectivity index (χ0) is 22.2. The van der Waals surface area contributed by atoms with Gasteiger partial charge in [-0.05, 0) is 66.1 Å². The van der Waals surface area contributed by atoms with Crippen molar-refractivity contribution in [3.8, 4) is 22.6 Å². The van der Waals surface area contributed by atoms with Crippen molar-refractivity contribution in [2.24, 2.45) is 0 Å². The Balaban J connectivity index is 1.39. The molecule has 2 atom stereocenters. The first-order valence-electron chi connectivity index (χ1n) is 11.2. The van der Waals surface area contributed by atoms with Crippen molar-refractivity contribution < 1.29 is 19.0 Å². The molecule has 0 radical (unpaired) electrons. The van der Waals surface area contributed by atoms with E-state index in [0.29, 0.717) is 13.0 Å². The lowest BCUT2D eigenvalue weighted by molar-refractivity contribution is -0.141. The van der Waals surface area contributed by atoms with Crippen LogP contribution < -0.4 is 9.47 Å². The number of hydrogen-bond acceptors (Lipinski definition) is 4. The molecule has 0 fully saturated rings. The zero-order valence-electron chi connectivity index (χ0n) is 18.8. The van der Waals surface area contributed by atoms with E-state index in [1.165, 1.54) is 40.5 Å². The summed E-state index contributed by atoms with van der Waals surface area (Å²) in [5.41, 5.74) is 8.99. The summed E-state index contributed by atoms with van der Waals surface area (Å²) in [6.45, 7) is 4.87. The third-order valence-electron chi connectivity index (χ3n) is 6.75. The lowest BCUT2D eigenvalue weighted by Crippen LogP contribution is -2.09. The Morgan fingerprint density at radius 1 is 1.03 bits per heavy atom. The number of benzene rings is 3. The van der Waals surface area contributed by atoms with Gasteiger partial charge in [0.05, 0.1) is 20.1 Å². The molecule has 0 aromatic heterocycles. The third-order valence-corrected chi connectivity index (χ3v) is 6.75. The minimum Gasteiger partial charge on any atom is -0.492 e. The van der Waals surface area contributed by atoms with Crippen molar-refractivity contribution in [3.05, 3.63) is 82.4 Å². The molecule has 4 nitrogen and oxygen atoms in total. The number of carbonyl (C=O) groups is 1. The monoisotopic (exact) mass is 428 g/mol. The van der Waals surface area contributed by atoms with Crippen LogP contribution in [0, 0.1) is 13.8 Å². The minimum absolute atomic E-state index is 0.0274. The SMILES string of the molecule is COC(=O)C[C@@H]1COc2cc(O[C@@H]3CCc4c(-c5c(C)cccc5C)cccc43)ccc21. The number of hydrogen-bond donors (Lipinski definition) is 0. The van der Waals surface area contributed by atoms with Crippen molar-refractivity contribution >= 4 is 5.97 Å². The topological polar surface area (TPSA) is 44.8 Å².